The number of nitrogens with zero attached hydrogens (tertiary/aromatic N) is 1. The smallest absolute Gasteiger partial charge is 0.142 e. The van der Waals surface area contributed by atoms with Crippen molar-refractivity contribution >= 4 is 5.78 Å². The van der Waals surface area contributed by atoms with Crippen molar-refractivity contribution in [2.24, 2.45) is 45.3 Å². The molecule has 0 aromatic heterocycles. The number of carbonyl (C=O) groups is 1. The molecule has 8 rings (SSSR count). The molecule has 8 aliphatic rings. The van der Waals surface area contributed by atoms with Crippen LogP contribution in [0.2, 0.25) is 0 Å². The molecule has 27 heavy (non-hydrogen) atoms. The van der Waals surface area contributed by atoms with Gasteiger partial charge in [0.1, 0.15) is 5.78 Å². The van der Waals surface area contributed by atoms with E-state index in [0.717, 1.165) is 25.3 Å². The molecule has 7 aliphatic carbocycles. The molecule has 0 unspecified atom stereocenters. The normalized spacial score (nSPS) is 67.0. The molecule has 4 heteroatoms. The van der Waals surface area contributed by atoms with Crippen LogP contribution in [0, 0.1) is 45.3 Å². The van der Waals surface area contributed by atoms with Crippen molar-refractivity contribution in [1.82, 2.24) is 4.90 Å². The highest BCUT2D eigenvalue weighted by atomic mass is 16.5. The van der Waals surface area contributed by atoms with Gasteiger partial charge in [0.15, 0.2) is 0 Å². The zero-order chi connectivity index (χ0) is 18.6. The summed E-state index contributed by atoms with van der Waals surface area (Å²) >= 11 is 0. The third-order valence-corrected chi connectivity index (χ3v) is 11.6. The third kappa shape index (κ3) is 1.20. The van der Waals surface area contributed by atoms with Crippen LogP contribution in [0.4, 0.5) is 0 Å². The van der Waals surface area contributed by atoms with Gasteiger partial charge in [-0.1, -0.05) is 13.8 Å². The Morgan fingerprint density at radius 2 is 2.04 bits per heavy atom. The van der Waals surface area contributed by atoms with Gasteiger partial charge in [-0.3, -0.25) is 9.69 Å². The van der Waals surface area contributed by atoms with E-state index in [4.69, 9.17) is 9.47 Å². The molecular weight excluding hydrogens is 338 g/mol. The van der Waals surface area contributed by atoms with Gasteiger partial charge in [0.25, 0.3) is 0 Å². The van der Waals surface area contributed by atoms with E-state index < -0.39 is 0 Å². The molecule has 4 nitrogen and oxygen atoms in total. The number of methoxy groups -OCH3 is 2. The van der Waals surface area contributed by atoms with Gasteiger partial charge in [-0.25, -0.2) is 0 Å². The third-order valence-electron chi connectivity index (χ3n) is 11.6. The first-order chi connectivity index (χ1) is 13.0. The highest BCUT2D eigenvalue weighted by molar-refractivity contribution is 5.95. The van der Waals surface area contributed by atoms with Gasteiger partial charge in [0, 0.05) is 44.1 Å². The Morgan fingerprint density at radius 3 is 2.74 bits per heavy atom. The molecular formula is C23H33NO3. The molecule has 0 amide bonds. The van der Waals surface area contributed by atoms with Crippen LogP contribution in [0.5, 0.6) is 0 Å². The summed E-state index contributed by atoms with van der Waals surface area (Å²) in [7, 11) is 3.78. The summed E-state index contributed by atoms with van der Waals surface area (Å²) in [5.74, 6) is 2.52. The van der Waals surface area contributed by atoms with E-state index in [-0.39, 0.29) is 28.3 Å². The average Bonchev–Trinajstić information content (AvgIpc) is 2.93. The number of likely N-dealkylation sites (tertiary alicyclic amines) is 1. The maximum absolute atomic E-state index is 13.5. The molecule has 1 heterocycles. The number of fused-ring (bicyclic) bond motifs is 1. The molecule has 8 fully saturated rings. The van der Waals surface area contributed by atoms with E-state index >= 15 is 0 Å². The fourth-order valence-electron chi connectivity index (χ4n) is 11.5. The minimum Gasteiger partial charge on any atom is -0.381 e. The molecule has 9 bridgehead atoms. The van der Waals surface area contributed by atoms with E-state index in [2.05, 4.69) is 18.7 Å². The summed E-state index contributed by atoms with van der Waals surface area (Å²) in [6.07, 6.45) is 6.59. The maximum atomic E-state index is 13.5. The van der Waals surface area contributed by atoms with Crippen LogP contribution >= 0.6 is 0 Å². The Kier molecular flexibility index (Phi) is 2.63. The maximum Gasteiger partial charge on any atom is 0.142 e. The van der Waals surface area contributed by atoms with Crippen molar-refractivity contribution in [3.05, 3.63) is 0 Å². The summed E-state index contributed by atoms with van der Waals surface area (Å²) in [4.78, 5) is 16.3. The predicted octanol–water partition coefficient (Wildman–Crippen LogP) is 2.75. The van der Waals surface area contributed by atoms with E-state index in [9.17, 15) is 4.79 Å². The van der Waals surface area contributed by atoms with Gasteiger partial charge in [-0.2, -0.15) is 0 Å². The average molecular weight is 372 g/mol. The highest BCUT2D eigenvalue weighted by Gasteiger charge is 3.02. The van der Waals surface area contributed by atoms with Gasteiger partial charge in [0.2, 0.25) is 0 Å². The Morgan fingerprint density at radius 1 is 1.22 bits per heavy atom. The van der Waals surface area contributed by atoms with Crippen molar-refractivity contribution in [2.45, 2.75) is 64.2 Å². The Labute approximate surface area is 162 Å². The van der Waals surface area contributed by atoms with Gasteiger partial charge in [-0.05, 0) is 66.7 Å². The monoisotopic (exact) mass is 371 g/mol. The quantitative estimate of drug-likeness (QED) is 0.765. The lowest BCUT2D eigenvalue weighted by atomic mass is 9.45. The number of hydrogen-bond acceptors (Lipinski definition) is 4. The lowest BCUT2D eigenvalue weighted by Crippen LogP contribution is -2.69. The summed E-state index contributed by atoms with van der Waals surface area (Å²) < 4.78 is 12.2. The zero-order valence-corrected chi connectivity index (χ0v) is 17.2. The summed E-state index contributed by atoms with van der Waals surface area (Å²) in [5.41, 5.74) is 1.12. The summed E-state index contributed by atoms with van der Waals surface area (Å²) in [5, 5.41) is 0. The Bertz CT molecular complexity index is 769. The fourth-order valence-corrected chi connectivity index (χ4v) is 11.5. The fraction of sp³-hybridized carbons (Fsp3) is 0.957. The molecule has 3 spiro atoms. The second-order valence-electron chi connectivity index (χ2n) is 11.4. The predicted molar refractivity (Wildman–Crippen MR) is 100 cm³/mol. The van der Waals surface area contributed by atoms with Gasteiger partial charge >= 0.3 is 0 Å². The minimum absolute atomic E-state index is 0.164. The first-order valence-corrected chi connectivity index (χ1v) is 11.3. The summed E-state index contributed by atoms with van der Waals surface area (Å²) in [6.45, 7) is 7.32. The van der Waals surface area contributed by atoms with Crippen LogP contribution in [0.15, 0.2) is 0 Å². The van der Waals surface area contributed by atoms with Crippen molar-refractivity contribution in [3.8, 4) is 0 Å². The molecule has 7 saturated carbocycles. The zero-order valence-electron chi connectivity index (χ0n) is 17.2. The van der Waals surface area contributed by atoms with Crippen molar-refractivity contribution in [2.75, 3.05) is 27.3 Å². The van der Waals surface area contributed by atoms with Crippen LogP contribution < -0.4 is 0 Å². The highest BCUT2D eigenvalue weighted by Crippen LogP contribution is 3.01. The van der Waals surface area contributed by atoms with Crippen LogP contribution in [-0.2, 0) is 14.3 Å². The number of rotatable bonds is 3. The first kappa shape index (κ1) is 16.4. The molecule has 0 aromatic rings. The van der Waals surface area contributed by atoms with Gasteiger partial charge in [-0.15, -0.1) is 0 Å². The van der Waals surface area contributed by atoms with Crippen molar-refractivity contribution < 1.29 is 14.3 Å². The van der Waals surface area contributed by atoms with E-state index in [0.29, 0.717) is 35.2 Å². The SMILES string of the molecule is CCN1C[C@]2(C)CC[C@H](OC)[C@@]34[C@@H]2C[C@@H]([C@@H]13)[C@@]12C[C@H](OC)[C@H]3C[C@]14[C@@H]2C3=O. The Hall–Kier alpha value is -0.450. The molecule has 11 atom stereocenters. The van der Waals surface area contributed by atoms with E-state index in [1.807, 2.05) is 14.2 Å². The summed E-state index contributed by atoms with van der Waals surface area (Å²) in [6, 6.07) is 0.643. The molecule has 1 aliphatic heterocycles. The largest absolute Gasteiger partial charge is 0.381 e. The molecule has 0 radical (unpaired) electrons. The number of ether oxygens (including phenoxy) is 2. The lowest BCUT2D eigenvalue weighted by molar-refractivity contribution is -0.217. The van der Waals surface area contributed by atoms with E-state index in [1.54, 1.807) is 0 Å². The Balaban J connectivity index is 1.49. The van der Waals surface area contributed by atoms with Crippen LogP contribution in [0.25, 0.3) is 0 Å². The first-order valence-electron chi connectivity index (χ1n) is 11.3. The van der Waals surface area contributed by atoms with Crippen LogP contribution in [0.1, 0.15) is 46.0 Å². The number of carbonyl (C=O) groups excluding carboxylic acids is 1. The van der Waals surface area contributed by atoms with Gasteiger partial charge in [0.05, 0.1) is 12.2 Å². The van der Waals surface area contributed by atoms with Gasteiger partial charge < -0.3 is 9.47 Å². The number of hydrogen-bond donors (Lipinski definition) is 0. The molecule has 0 aromatic carbocycles. The minimum atomic E-state index is 0.164. The second kappa shape index (κ2) is 4.34. The van der Waals surface area contributed by atoms with Crippen LogP contribution in [-0.4, -0.2) is 56.2 Å². The molecule has 0 N–H and O–H groups in total. The number of Topliss-reactive ketones (excluding diaryl/α,β-unsaturated/α-hetero) is 1. The molecule has 148 valence electrons. The molecule has 1 saturated heterocycles. The van der Waals surface area contributed by atoms with Crippen molar-refractivity contribution in [1.29, 1.82) is 0 Å². The lowest BCUT2D eigenvalue weighted by Gasteiger charge is -2.65. The van der Waals surface area contributed by atoms with E-state index in [1.165, 1.54) is 25.8 Å². The number of ketones is 1. The standard InChI is InChI=1S/C23H33NO3/c1-5-24-11-20(2)7-6-16(27-4)23-15(20)8-13(19(23)24)21-10-14(26-3)12-9-22(21,23)18(21)17(12)25/h12-16,18-19H,5-11H2,1-4H3/t12-,13+,14+,15-,16+,18-,19-,20+,21-,22+,23+/m1/s1. The van der Waals surface area contributed by atoms with Crippen LogP contribution in [0.3, 0.4) is 0 Å². The number of piperidine rings is 1. The second-order valence-corrected chi connectivity index (χ2v) is 11.4. The van der Waals surface area contributed by atoms with Crippen molar-refractivity contribution in [3.63, 3.8) is 0 Å². The topological polar surface area (TPSA) is 38.8 Å².